The van der Waals surface area contributed by atoms with Crippen LogP contribution in [0.15, 0.2) is 78.9 Å². The first-order chi connectivity index (χ1) is 20.5. The molecular formula is C30H33N7O6. The van der Waals surface area contributed by atoms with Crippen molar-refractivity contribution in [3.8, 4) is 5.75 Å². The van der Waals surface area contributed by atoms with E-state index in [2.05, 4.69) is 16.0 Å². The van der Waals surface area contributed by atoms with Gasteiger partial charge in [-0.25, -0.2) is 0 Å². The number of amides is 3. The van der Waals surface area contributed by atoms with Crippen molar-refractivity contribution in [1.29, 1.82) is 5.41 Å². The molecule has 0 aliphatic rings. The van der Waals surface area contributed by atoms with Gasteiger partial charge in [-0.3, -0.25) is 29.9 Å². The number of benzene rings is 3. The van der Waals surface area contributed by atoms with Crippen molar-refractivity contribution in [3.63, 3.8) is 0 Å². The van der Waals surface area contributed by atoms with Gasteiger partial charge in [0.1, 0.15) is 17.8 Å². The fourth-order valence-electron chi connectivity index (χ4n) is 4.19. The number of nitrogens with two attached hydrogens (primary N) is 2. The van der Waals surface area contributed by atoms with Crippen LogP contribution in [0, 0.1) is 15.5 Å². The Labute approximate surface area is 247 Å². The van der Waals surface area contributed by atoms with Gasteiger partial charge in [-0.2, -0.15) is 0 Å². The highest BCUT2D eigenvalue weighted by atomic mass is 16.6. The van der Waals surface area contributed by atoms with Crippen molar-refractivity contribution in [2.75, 3.05) is 6.54 Å². The van der Waals surface area contributed by atoms with E-state index in [9.17, 15) is 29.6 Å². The number of nitrogens with zero attached hydrogens (tertiary/aromatic N) is 1. The summed E-state index contributed by atoms with van der Waals surface area (Å²) in [6.07, 6.45) is 1.98. The molecule has 0 saturated heterocycles. The van der Waals surface area contributed by atoms with Crippen molar-refractivity contribution in [1.82, 2.24) is 16.0 Å². The quantitative estimate of drug-likeness (QED) is 0.0279. The summed E-state index contributed by atoms with van der Waals surface area (Å²) < 4.78 is 0. The zero-order chi connectivity index (χ0) is 31.4. The summed E-state index contributed by atoms with van der Waals surface area (Å²) in [5.74, 6) is -2.30. The fraction of sp³-hybridized carbons (Fsp3) is 0.200. The van der Waals surface area contributed by atoms with Gasteiger partial charge in [0, 0.05) is 30.7 Å². The molecule has 0 aliphatic heterocycles. The maximum absolute atomic E-state index is 13.7. The minimum absolute atomic E-state index is 0.0396. The lowest BCUT2D eigenvalue weighted by Gasteiger charge is -2.23. The smallest absolute Gasteiger partial charge is 0.270 e. The average Bonchev–Trinajstić information content (AvgIpc) is 2.98. The Bertz CT molecular complexity index is 1490. The SMILES string of the molecule is N=C(N)NCCC[C@@H](NC(=O)/C(=C/c1cccc([N+](=O)[O-])c1)c1ccccc1)C(=O)N[C@@H](Cc1ccc(O)cc1)C(N)=O. The topological polar surface area (TPSA) is 227 Å². The molecule has 0 fully saturated rings. The van der Waals surface area contributed by atoms with Crippen LogP contribution in [0.3, 0.4) is 0 Å². The second-order valence-corrected chi connectivity index (χ2v) is 9.62. The third kappa shape index (κ3) is 10.0. The number of hydrogen-bond acceptors (Lipinski definition) is 7. The number of nitro groups is 1. The highest BCUT2D eigenvalue weighted by Crippen LogP contribution is 2.22. The van der Waals surface area contributed by atoms with E-state index in [-0.39, 0.29) is 42.4 Å². The van der Waals surface area contributed by atoms with E-state index in [4.69, 9.17) is 16.9 Å². The van der Waals surface area contributed by atoms with Crippen LogP contribution in [-0.4, -0.2) is 52.3 Å². The van der Waals surface area contributed by atoms with Crippen LogP contribution in [0.2, 0.25) is 0 Å². The van der Waals surface area contributed by atoms with Gasteiger partial charge in [-0.1, -0.05) is 54.6 Å². The van der Waals surface area contributed by atoms with Crippen LogP contribution in [-0.2, 0) is 20.8 Å². The second kappa shape index (κ2) is 15.3. The van der Waals surface area contributed by atoms with Crippen LogP contribution >= 0.6 is 0 Å². The summed E-state index contributed by atoms with van der Waals surface area (Å²) in [5, 5.41) is 36.1. The van der Waals surface area contributed by atoms with Crippen molar-refractivity contribution < 1.29 is 24.4 Å². The molecule has 0 aromatic heterocycles. The Morgan fingerprint density at radius 3 is 2.28 bits per heavy atom. The highest BCUT2D eigenvalue weighted by molar-refractivity contribution is 6.24. The Hall–Kier alpha value is -5.72. The zero-order valence-corrected chi connectivity index (χ0v) is 23.2. The molecule has 0 aliphatic carbocycles. The van der Waals surface area contributed by atoms with Crippen LogP contribution in [0.1, 0.15) is 29.5 Å². The van der Waals surface area contributed by atoms with Gasteiger partial charge in [0.2, 0.25) is 11.8 Å². The molecule has 3 aromatic carbocycles. The van der Waals surface area contributed by atoms with Crippen molar-refractivity contribution in [2.24, 2.45) is 11.5 Å². The number of carbonyl (C=O) groups is 3. The van der Waals surface area contributed by atoms with Gasteiger partial charge in [-0.05, 0) is 47.7 Å². The monoisotopic (exact) mass is 587 g/mol. The van der Waals surface area contributed by atoms with Gasteiger partial charge in [-0.15, -0.1) is 0 Å². The molecule has 0 heterocycles. The molecule has 0 unspecified atom stereocenters. The maximum atomic E-state index is 13.7. The number of carbonyl (C=O) groups excluding carboxylic acids is 3. The standard InChI is InChI=1S/C30H33N7O6/c31-27(39)26(18-19-11-13-23(38)14-12-19)36-29(41)25(10-5-15-34-30(32)33)35-28(40)24(21-7-2-1-3-8-21)17-20-6-4-9-22(16-20)37(42)43/h1-4,6-9,11-14,16-17,25-26,38H,5,10,15,18H2,(H2,31,39)(H,35,40)(H,36,41)(H4,32,33,34)/b24-17+/t25-,26+/m1/s1. The number of nitro benzene ring substituents is 1. The van der Waals surface area contributed by atoms with Crippen molar-refractivity contribution in [3.05, 3.63) is 106 Å². The lowest BCUT2D eigenvalue weighted by Crippen LogP contribution is -2.53. The lowest BCUT2D eigenvalue weighted by atomic mass is 10.0. The minimum atomic E-state index is -1.12. The minimum Gasteiger partial charge on any atom is -0.508 e. The molecular weight excluding hydrogens is 554 g/mol. The van der Waals surface area contributed by atoms with E-state index >= 15 is 0 Å². The Morgan fingerprint density at radius 1 is 0.953 bits per heavy atom. The van der Waals surface area contributed by atoms with Crippen LogP contribution < -0.4 is 27.4 Å². The molecule has 43 heavy (non-hydrogen) atoms. The molecule has 2 atom stereocenters. The first-order valence-corrected chi connectivity index (χ1v) is 13.3. The number of primary amides is 1. The van der Waals surface area contributed by atoms with E-state index in [0.29, 0.717) is 23.1 Å². The van der Waals surface area contributed by atoms with Gasteiger partial charge in [0.25, 0.3) is 11.6 Å². The Balaban J connectivity index is 1.89. The van der Waals surface area contributed by atoms with E-state index in [0.717, 1.165) is 0 Å². The molecule has 0 saturated carbocycles. The Kier molecular flexibility index (Phi) is 11.3. The molecule has 13 nitrogen and oxygen atoms in total. The first kappa shape index (κ1) is 31.8. The van der Waals surface area contributed by atoms with Crippen LogP contribution in [0.25, 0.3) is 11.6 Å². The number of phenolic OH excluding ortho intramolecular Hbond substituents is 1. The summed E-state index contributed by atoms with van der Waals surface area (Å²) in [4.78, 5) is 50.1. The third-order valence-corrected chi connectivity index (χ3v) is 6.36. The van der Waals surface area contributed by atoms with E-state index < -0.39 is 34.7 Å². The van der Waals surface area contributed by atoms with Gasteiger partial charge < -0.3 is 32.5 Å². The number of nitrogens with one attached hydrogen (secondary N) is 4. The molecule has 0 bridgehead atoms. The summed E-state index contributed by atoms with van der Waals surface area (Å²) in [6, 6.07) is 18.2. The number of phenols is 1. The largest absolute Gasteiger partial charge is 0.508 e. The van der Waals surface area contributed by atoms with Crippen LogP contribution in [0.5, 0.6) is 5.75 Å². The fourth-order valence-corrected chi connectivity index (χ4v) is 4.19. The third-order valence-electron chi connectivity index (χ3n) is 6.36. The first-order valence-electron chi connectivity index (χ1n) is 13.3. The molecule has 0 spiro atoms. The number of hydrogen-bond donors (Lipinski definition) is 7. The zero-order valence-electron chi connectivity index (χ0n) is 23.2. The summed E-state index contributed by atoms with van der Waals surface area (Å²) >= 11 is 0. The van der Waals surface area contributed by atoms with Crippen LogP contribution in [0.4, 0.5) is 5.69 Å². The Morgan fingerprint density at radius 2 is 1.65 bits per heavy atom. The summed E-state index contributed by atoms with van der Waals surface area (Å²) in [7, 11) is 0. The van der Waals surface area contributed by atoms with Crippen molar-refractivity contribution >= 4 is 41.0 Å². The normalized spacial score (nSPS) is 12.4. The second-order valence-electron chi connectivity index (χ2n) is 9.62. The maximum Gasteiger partial charge on any atom is 0.270 e. The summed E-state index contributed by atoms with van der Waals surface area (Å²) in [5.41, 5.74) is 12.5. The number of non-ortho nitro benzene ring substituents is 1. The number of aromatic hydroxyl groups is 1. The van der Waals surface area contributed by atoms with E-state index in [1.165, 1.54) is 36.4 Å². The average molecular weight is 588 g/mol. The molecule has 3 aromatic rings. The predicted octanol–water partition coefficient (Wildman–Crippen LogP) is 1.80. The summed E-state index contributed by atoms with van der Waals surface area (Å²) in [6.45, 7) is 0.247. The molecule has 3 amide bonds. The van der Waals surface area contributed by atoms with Crippen molar-refractivity contribution in [2.45, 2.75) is 31.3 Å². The molecule has 9 N–H and O–H groups in total. The highest BCUT2D eigenvalue weighted by Gasteiger charge is 2.27. The van der Waals surface area contributed by atoms with E-state index in [1.807, 2.05) is 0 Å². The lowest BCUT2D eigenvalue weighted by molar-refractivity contribution is -0.384. The predicted molar refractivity (Wildman–Crippen MR) is 161 cm³/mol. The van der Waals surface area contributed by atoms with Gasteiger partial charge in [0.15, 0.2) is 5.96 Å². The number of rotatable bonds is 14. The molecule has 0 radical (unpaired) electrons. The molecule has 13 heteroatoms. The molecule has 3 rings (SSSR count). The molecule has 224 valence electrons. The van der Waals surface area contributed by atoms with Gasteiger partial charge in [0.05, 0.1) is 4.92 Å². The van der Waals surface area contributed by atoms with Gasteiger partial charge >= 0.3 is 0 Å². The number of guanidine groups is 1. The van der Waals surface area contributed by atoms with E-state index in [1.54, 1.807) is 48.5 Å².